The number of likely N-dealkylation sites (tertiary alicyclic amines) is 1. The average Bonchev–Trinajstić information content (AvgIpc) is 3.45. The number of pyridine rings is 1. The van der Waals surface area contributed by atoms with Crippen molar-refractivity contribution in [2.45, 2.75) is 68.6 Å². The number of carbonyl (C=O) groups is 1. The summed E-state index contributed by atoms with van der Waals surface area (Å²) in [4.78, 5) is 24.0. The number of aromatic nitrogens is 2. The minimum atomic E-state index is -1.07. The van der Waals surface area contributed by atoms with E-state index in [2.05, 4.69) is 26.8 Å². The van der Waals surface area contributed by atoms with Crippen molar-refractivity contribution < 1.29 is 9.18 Å². The summed E-state index contributed by atoms with van der Waals surface area (Å²) in [5, 5.41) is 4.33. The molecule has 7 heteroatoms. The van der Waals surface area contributed by atoms with Gasteiger partial charge in [-0.2, -0.15) is 0 Å². The third-order valence-electron chi connectivity index (χ3n) is 6.48. The molecule has 0 spiro atoms. The van der Waals surface area contributed by atoms with Crippen molar-refractivity contribution in [2.24, 2.45) is 0 Å². The maximum atomic E-state index is 14.3. The van der Waals surface area contributed by atoms with Crippen LogP contribution in [0.5, 0.6) is 0 Å². The van der Waals surface area contributed by atoms with E-state index < -0.39 is 5.67 Å². The average molecular weight is 415 g/mol. The number of hydrogen-bond acceptors (Lipinski definition) is 5. The second-order valence-electron chi connectivity index (χ2n) is 8.90. The van der Waals surface area contributed by atoms with Crippen LogP contribution in [0.4, 0.5) is 4.39 Å². The van der Waals surface area contributed by atoms with Gasteiger partial charge in [0.1, 0.15) is 5.67 Å². The molecule has 2 aliphatic carbocycles. The molecular weight excluding hydrogens is 387 g/mol. The van der Waals surface area contributed by atoms with Crippen LogP contribution in [0.15, 0.2) is 24.9 Å². The monoisotopic (exact) mass is 414 g/mol. The molecule has 5 rings (SSSR count). The van der Waals surface area contributed by atoms with E-state index in [-0.39, 0.29) is 11.9 Å². The van der Waals surface area contributed by atoms with Gasteiger partial charge < -0.3 is 5.32 Å². The van der Waals surface area contributed by atoms with Crippen molar-refractivity contribution in [3.63, 3.8) is 0 Å². The van der Waals surface area contributed by atoms with Crippen molar-refractivity contribution in [2.75, 3.05) is 13.1 Å². The van der Waals surface area contributed by atoms with Gasteiger partial charge in [-0.15, -0.1) is 17.9 Å². The van der Waals surface area contributed by atoms with Gasteiger partial charge in [0, 0.05) is 43.7 Å². The Morgan fingerprint density at radius 1 is 1.31 bits per heavy atom. The molecule has 2 aromatic rings. The van der Waals surface area contributed by atoms with Crippen molar-refractivity contribution in [3.05, 3.63) is 35.5 Å². The topological polar surface area (TPSA) is 58.1 Å². The first-order valence-electron chi connectivity index (χ1n) is 10.6. The van der Waals surface area contributed by atoms with E-state index in [1.807, 2.05) is 6.07 Å². The van der Waals surface area contributed by atoms with E-state index >= 15 is 0 Å². The van der Waals surface area contributed by atoms with Gasteiger partial charge in [-0.05, 0) is 44.6 Å². The lowest BCUT2D eigenvalue weighted by atomic mass is 9.84. The number of carbonyl (C=O) groups excluding carboxylic acids is 1. The summed E-state index contributed by atoms with van der Waals surface area (Å²) in [6.07, 6.45) is 10.1. The van der Waals surface area contributed by atoms with E-state index in [1.165, 1.54) is 12.8 Å². The van der Waals surface area contributed by atoms with Crippen LogP contribution in [0.25, 0.3) is 10.3 Å². The first-order chi connectivity index (χ1) is 14.0. The molecule has 1 amide bonds. The predicted octanol–water partition coefficient (Wildman–Crippen LogP) is 4.21. The summed E-state index contributed by atoms with van der Waals surface area (Å²) in [5.74, 6) is 0.550. The second kappa shape index (κ2) is 7.43. The van der Waals surface area contributed by atoms with Gasteiger partial charge in [0.25, 0.3) is 5.91 Å². The molecule has 3 fully saturated rings. The van der Waals surface area contributed by atoms with E-state index in [9.17, 15) is 9.18 Å². The van der Waals surface area contributed by atoms with Gasteiger partial charge in [0.2, 0.25) is 0 Å². The molecule has 1 N–H and O–H groups in total. The molecule has 2 aromatic heterocycles. The van der Waals surface area contributed by atoms with Crippen LogP contribution in [0.2, 0.25) is 0 Å². The third-order valence-corrected chi connectivity index (χ3v) is 7.64. The highest BCUT2D eigenvalue weighted by Crippen LogP contribution is 2.43. The quantitative estimate of drug-likeness (QED) is 0.720. The highest BCUT2D eigenvalue weighted by Gasteiger charge is 2.45. The molecule has 0 unspecified atom stereocenters. The lowest BCUT2D eigenvalue weighted by Gasteiger charge is -2.50. The molecule has 0 bridgehead atoms. The number of halogens is 1. The first kappa shape index (κ1) is 19.1. The van der Waals surface area contributed by atoms with Crippen LogP contribution in [-0.2, 0) is 0 Å². The minimum Gasteiger partial charge on any atom is -0.349 e. The normalized spacial score (nSPS) is 26.8. The van der Waals surface area contributed by atoms with Crippen LogP contribution in [-0.4, -0.2) is 51.6 Å². The van der Waals surface area contributed by atoms with Gasteiger partial charge in [-0.3, -0.25) is 9.69 Å². The fourth-order valence-electron chi connectivity index (χ4n) is 4.65. The Labute approximate surface area is 174 Å². The van der Waals surface area contributed by atoms with Crippen molar-refractivity contribution >= 4 is 27.6 Å². The maximum absolute atomic E-state index is 14.3. The first-order valence-corrected chi connectivity index (χ1v) is 11.5. The van der Waals surface area contributed by atoms with Crippen molar-refractivity contribution in [1.29, 1.82) is 0 Å². The van der Waals surface area contributed by atoms with Gasteiger partial charge in [-0.1, -0.05) is 6.08 Å². The summed E-state index contributed by atoms with van der Waals surface area (Å²) < 4.78 is 15.3. The zero-order chi connectivity index (χ0) is 20.0. The molecule has 0 atom stereocenters. The largest absolute Gasteiger partial charge is 0.349 e. The molecule has 1 aliphatic heterocycles. The highest BCUT2D eigenvalue weighted by atomic mass is 32.1. The SMILES string of the molecule is C=CCC1(F)CN(C2CCC(NC(=O)c3cnc4nc(C5CC5)sc4c3)CC2)C1. The van der Waals surface area contributed by atoms with Crippen LogP contribution >= 0.6 is 11.3 Å². The highest BCUT2D eigenvalue weighted by molar-refractivity contribution is 7.18. The number of fused-ring (bicyclic) bond motifs is 1. The second-order valence-corrected chi connectivity index (χ2v) is 9.96. The maximum Gasteiger partial charge on any atom is 0.253 e. The van der Waals surface area contributed by atoms with Gasteiger partial charge in [-0.25, -0.2) is 14.4 Å². The van der Waals surface area contributed by atoms with Gasteiger partial charge in [0.15, 0.2) is 5.65 Å². The van der Waals surface area contributed by atoms with Crippen LogP contribution in [0.1, 0.15) is 66.2 Å². The molecular formula is C22H27FN4OS. The number of thiazole rings is 1. The summed E-state index contributed by atoms with van der Waals surface area (Å²) in [6.45, 7) is 4.69. The number of alkyl halides is 1. The number of allylic oxidation sites excluding steroid dienone is 1. The van der Waals surface area contributed by atoms with Gasteiger partial charge in [0.05, 0.1) is 15.3 Å². The smallest absolute Gasteiger partial charge is 0.253 e. The zero-order valence-electron chi connectivity index (χ0n) is 16.6. The van der Waals surface area contributed by atoms with Crippen molar-refractivity contribution in [1.82, 2.24) is 20.2 Å². The Hall–Kier alpha value is -1.86. The number of rotatable bonds is 6. The number of nitrogens with one attached hydrogen (secondary N) is 1. The van der Waals surface area contributed by atoms with E-state index in [1.54, 1.807) is 23.6 Å². The van der Waals surface area contributed by atoms with Crippen molar-refractivity contribution in [3.8, 4) is 0 Å². The lowest BCUT2D eigenvalue weighted by molar-refractivity contribution is -0.0636. The molecule has 3 aliphatic rings. The molecule has 29 heavy (non-hydrogen) atoms. The molecule has 1 saturated heterocycles. The molecule has 2 saturated carbocycles. The Morgan fingerprint density at radius 3 is 2.76 bits per heavy atom. The Morgan fingerprint density at radius 2 is 2.07 bits per heavy atom. The molecule has 0 aromatic carbocycles. The van der Waals surface area contributed by atoms with Crippen LogP contribution in [0.3, 0.4) is 0 Å². The fourth-order valence-corrected chi connectivity index (χ4v) is 5.78. The van der Waals surface area contributed by atoms with Crippen LogP contribution in [0, 0.1) is 0 Å². The van der Waals surface area contributed by atoms with E-state index in [4.69, 9.17) is 0 Å². The molecule has 3 heterocycles. The Kier molecular flexibility index (Phi) is 4.90. The number of amides is 1. The minimum absolute atomic E-state index is 0.0538. The van der Waals surface area contributed by atoms with Gasteiger partial charge >= 0.3 is 0 Å². The van der Waals surface area contributed by atoms with E-state index in [0.29, 0.717) is 37.0 Å². The number of hydrogen-bond donors (Lipinski definition) is 1. The lowest BCUT2D eigenvalue weighted by Crippen LogP contribution is -2.62. The standard InChI is InChI=1S/C22H27FN4OS/c1-2-9-22(23)12-27(13-22)17-7-5-16(6-8-17)25-20(28)15-10-18-19(24-11-15)26-21(29-18)14-3-4-14/h2,10-11,14,16-17H,1,3-9,12-13H2,(H,25,28). The van der Waals surface area contributed by atoms with Crippen LogP contribution < -0.4 is 5.32 Å². The summed E-state index contributed by atoms with van der Waals surface area (Å²) in [7, 11) is 0. The van der Waals surface area contributed by atoms with E-state index in [0.717, 1.165) is 41.0 Å². The molecule has 5 nitrogen and oxygen atoms in total. The summed E-state index contributed by atoms with van der Waals surface area (Å²) >= 11 is 1.67. The summed E-state index contributed by atoms with van der Waals surface area (Å²) in [6, 6.07) is 2.54. The third kappa shape index (κ3) is 3.94. The predicted molar refractivity (Wildman–Crippen MR) is 113 cm³/mol. The number of nitrogens with zero attached hydrogens (tertiary/aromatic N) is 3. The molecule has 154 valence electrons. The Bertz CT molecular complexity index is 926. The summed E-state index contributed by atoms with van der Waals surface area (Å²) in [5.41, 5.74) is 0.290. The molecule has 0 radical (unpaired) electrons. The fraction of sp³-hybridized carbons (Fsp3) is 0.591. The Balaban J connectivity index is 1.14. The zero-order valence-corrected chi connectivity index (χ0v) is 17.4.